The third-order valence-electron chi connectivity index (χ3n) is 6.20. The molecule has 35 heavy (non-hydrogen) atoms. The highest BCUT2D eigenvalue weighted by Gasteiger charge is 2.19. The topological polar surface area (TPSA) is 109 Å². The van der Waals surface area contributed by atoms with E-state index in [1.165, 1.54) is 6.20 Å². The minimum atomic E-state index is -1.23. The zero-order valence-electron chi connectivity index (χ0n) is 20.4. The fourth-order valence-electron chi connectivity index (χ4n) is 4.16. The molecule has 4 aromatic rings. The summed E-state index contributed by atoms with van der Waals surface area (Å²) < 4.78 is 19.0. The maximum Gasteiger partial charge on any atom is 0.261 e. The number of hydrogen-bond acceptors (Lipinski definition) is 8. The van der Waals surface area contributed by atoms with Crippen LogP contribution in [0, 0.1) is 0 Å². The normalized spacial score (nSPS) is 14.8. The highest BCUT2D eigenvalue weighted by Crippen LogP contribution is 2.31. The number of rotatable bonds is 7. The fraction of sp³-hybridized carbons (Fsp3) is 0.400. The summed E-state index contributed by atoms with van der Waals surface area (Å²) in [6, 6.07) is 8.72. The molecule has 1 aliphatic heterocycles. The summed E-state index contributed by atoms with van der Waals surface area (Å²) in [5, 5.41) is 1.10. The Morgan fingerprint density at radius 2 is 1.94 bits per heavy atom. The fourth-order valence-corrected chi connectivity index (χ4v) is 4.92. The number of anilines is 2. The molecule has 0 bridgehead atoms. The van der Waals surface area contributed by atoms with Crippen molar-refractivity contribution in [2.24, 2.45) is 0 Å². The minimum Gasteiger partial charge on any atom is -0.436 e. The lowest BCUT2D eigenvalue weighted by Crippen LogP contribution is -2.36. The number of nitrogens with two attached hydrogens (primary N) is 1. The number of benzene rings is 1. The number of aromatic nitrogens is 3. The van der Waals surface area contributed by atoms with E-state index in [0.29, 0.717) is 53.4 Å². The lowest BCUT2D eigenvalue weighted by molar-refractivity contribution is 0.0852. The molecule has 0 aliphatic carbocycles. The molecule has 1 saturated heterocycles. The molecule has 0 radical (unpaired) electrons. The third-order valence-corrected chi connectivity index (χ3v) is 7.90. The summed E-state index contributed by atoms with van der Waals surface area (Å²) >= 11 is 0. The van der Waals surface area contributed by atoms with Gasteiger partial charge in [0.15, 0.2) is 5.58 Å². The van der Waals surface area contributed by atoms with E-state index in [2.05, 4.69) is 29.5 Å². The Balaban J connectivity index is 1.53. The van der Waals surface area contributed by atoms with Crippen LogP contribution in [0.25, 0.3) is 33.3 Å². The van der Waals surface area contributed by atoms with E-state index in [4.69, 9.17) is 24.6 Å². The minimum absolute atomic E-state index is 0.151. The van der Waals surface area contributed by atoms with Crippen molar-refractivity contribution < 1.29 is 13.9 Å². The molecule has 0 amide bonds. The Kier molecular flexibility index (Phi) is 6.35. The van der Waals surface area contributed by atoms with E-state index in [0.717, 1.165) is 30.3 Å². The van der Waals surface area contributed by atoms with Crippen LogP contribution in [0.2, 0.25) is 25.7 Å². The molecule has 5 rings (SSSR count). The Hall–Kier alpha value is -3.21. The van der Waals surface area contributed by atoms with Crippen molar-refractivity contribution in [3.8, 4) is 11.5 Å². The molecule has 0 saturated carbocycles. The lowest BCUT2D eigenvalue weighted by Gasteiger charge is -2.28. The van der Waals surface area contributed by atoms with E-state index in [1.807, 2.05) is 18.2 Å². The molecule has 184 valence electrons. The molecular formula is C25H31N5O4Si. The average molecular weight is 494 g/mol. The number of nitrogen functional groups attached to an aromatic ring is 1. The van der Waals surface area contributed by atoms with Crippen molar-refractivity contribution in [1.29, 1.82) is 0 Å². The predicted molar refractivity (Wildman–Crippen MR) is 141 cm³/mol. The van der Waals surface area contributed by atoms with Crippen LogP contribution in [0.5, 0.6) is 0 Å². The van der Waals surface area contributed by atoms with E-state index in [1.54, 1.807) is 16.8 Å². The van der Waals surface area contributed by atoms with E-state index in [9.17, 15) is 4.79 Å². The van der Waals surface area contributed by atoms with Crippen molar-refractivity contribution in [3.05, 3.63) is 47.0 Å². The zero-order chi connectivity index (χ0) is 24.6. The molecular weight excluding hydrogens is 462 g/mol. The van der Waals surface area contributed by atoms with Gasteiger partial charge in [0.05, 0.1) is 24.2 Å². The van der Waals surface area contributed by atoms with Crippen molar-refractivity contribution >= 4 is 41.5 Å². The highest BCUT2D eigenvalue weighted by atomic mass is 28.3. The van der Waals surface area contributed by atoms with E-state index >= 15 is 0 Å². The molecule has 0 atom stereocenters. The van der Waals surface area contributed by atoms with Gasteiger partial charge in [-0.15, -0.1) is 0 Å². The Labute approximate surface area is 204 Å². The van der Waals surface area contributed by atoms with Gasteiger partial charge >= 0.3 is 0 Å². The first kappa shape index (κ1) is 23.5. The third kappa shape index (κ3) is 5.09. The summed E-state index contributed by atoms with van der Waals surface area (Å²) in [4.78, 5) is 24.3. The van der Waals surface area contributed by atoms with Crippen molar-refractivity contribution in [1.82, 2.24) is 14.5 Å². The second-order valence-electron chi connectivity index (χ2n) is 10.1. The van der Waals surface area contributed by atoms with Gasteiger partial charge in [-0.1, -0.05) is 19.6 Å². The molecule has 1 aliphatic rings. The highest BCUT2D eigenvalue weighted by molar-refractivity contribution is 6.76. The Morgan fingerprint density at radius 1 is 1.14 bits per heavy atom. The average Bonchev–Trinajstić information content (AvgIpc) is 3.26. The number of nitrogens with zero attached hydrogens (tertiary/aromatic N) is 4. The van der Waals surface area contributed by atoms with Gasteiger partial charge in [-0.25, -0.2) is 9.97 Å². The number of oxazole rings is 1. The zero-order valence-corrected chi connectivity index (χ0v) is 21.4. The number of morpholine rings is 1. The van der Waals surface area contributed by atoms with Gasteiger partial charge in [-0.2, -0.15) is 0 Å². The monoisotopic (exact) mass is 493 g/mol. The molecule has 0 unspecified atom stereocenters. The lowest BCUT2D eigenvalue weighted by atomic mass is 10.1. The predicted octanol–water partition coefficient (Wildman–Crippen LogP) is 3.94. The van der Waals surface area contributed by atoms with Crippen molar-refractivity contribution in [3.63, 3.8) is 0 Å². The number of fused-ring (bicyclic) bond motifs is 2. The summed E-state index contributed by atoms with van der Waals surface area (Å²) in [6.45, 7) is 10.8. The Bertz CT molecular complexity index is 1420. The van der Waals surface area contributed by atoms with Crippen LogP contribution in [-0.2, 0) is 16.2 Å². The first-order valence-corrected chi connectivity index (χ1v) is 15.6. The molecule has 2 N–H and O–H groups in total. The Morgan fingerprint density at radius 3 is 2.71 bits per heavy atom. The first-order valence-electron chi connectivity index (χ1n) is 11.9. The van der Waals surface area contributed by atoms with Crippen LogP contribution >= 0.6 is 0 Å². The van der Waals surface area contributed by atoms with Crippen LogP contribution < -0.4 is 16.2 Å². The van der Waals surface area contributed by atoms with Crippen LogP contribution in [0.15, 0.2) is 45.9 Å². The molecule has 1 fully saturated rings. The smallest absolute Gasteiger partial charge is 0.261 e. The standard InChI is InChI=1S/C25H31N5O4Si/c1-35(2,3)11-10-33-16-30-15-20(18-13-23(26)27-14-19(18)25(30)31)24-28-21-12-17(4-5-22(21)34-24)29-6-8-32-9-7-29/h4-5,12-15H,6-11,16H2,1-3H3,(H2,26,27). The molecule has 0 spiro atoms. The van der Waals surface area contributed by atoms with Crippen LogP contribution in [0.3, 0.4) is 0 Å². The summed E-state index contributed by atoms with van der Waals surface area (Å²) in [5.74, 6) is 0.749. The maximum atomic E-state index is 13.2. The molecule has 4 heterocycles. The van der Waals surface area contributed by atoms with Crippen molar-refractivity contribution in [2.75, 3.05) is 43.5 Å². The number of hydrogen-bond donors (Lipinski definition) is 1. The van der Waals surface area contributed by atoms with Crippen LogP contribution in [0.1, 0.15) is 0 Å². The van der Waals surface area contributed by atoms with E-state index < -0.39 is 8.07 Å². The molecule has 10 heteroatoms. The summed E-state index contributed by atoms with van der Waals surface area (Å²) in [5.41, 5.74) is 8.97. The van der Waals surface area contributed by atoms with Gasteiger partial charge < -0.3 is 24.5 Å². The first-order chi connectivity index (χ1) is 16.8. The van der Waals surface area contributed by atoms with E-state index in [-0.39, 0.29) is 12.3 Å². The largest absolute Gasteiger partial charge is 0.436 e. The second-order valence-corrected chi connectivity index (χ2v) is 15.7. The van der Waals surface area contributed by atoms with Crippen LogP contribution in [0.4, 0.5) is 11.5 Å². The van der Waals surface area contributed by atoms with Crippen LogP contribution in [-0.4, -0.2) is 55.5 Å². The van der Waals surface area contributed by atoms with Gasteiger partial charge in [0.25, 0.3) is 5.56 Å². The number of ether oxygens (including phenoxy) is 2. The maximum absolute atomic E-state index is 13.2. The van der Waals surface area contributed by atoms with Gasteiger partial charge in [0.2, 0.25) is 5.89 Å². The van der Waals surface area contributed by atoms with Gasteiger partial charge in [0, 0.05) is 51.2 Å². The van der Waals surface area contributed by atoms with Gasteiger partial charge in [0.1, 0.15) is 18.1 Å². The number of pyridine rings is 2. The molecule has 3 aromatic heterocycles. The molecule has 9 nitrogen and oxygen atoms in total. The van der Waals surface area contributed by atoms with Gasteiger partial charge in [-0.3, -0.25) is 9.36 Å². The van der Waals surface area contributed by atoms with Gasteiger partial charge in [-0.05, 0) is 30.3 Å². The summed E-state index contributed by atoms with van der Waals surface area (Å²) in [7, 11) is -1.23. The second kappa shape index (κ2) is 9.44. The summed E-state index contributed by atoms with van der Waals surface area (Å²) in [6.07, 6.45) is 3.25. The quantitative estimate of drug-likeness (QED) is 0.305. The molecule has 1 aromatic carbocycles. The SMILES string of the molecule is C[Si](C)(C)CCOCn1cc(-c2nc3cc(N4CCOCC4)ccc3o2)c2cc(N)ncc2c1=O. The van der Waals surface area contributed by atoms with Crippen molar-refractivity contribution in [2.45, 2.75) is 32.4 Å².